The molecule has 0 atom stereocenters. The summed E-state index contributed by atoms with van der Waals surface area (Å²) in [6.45, 7) is 13.6. The van der Waals surface area contributed by atoms with Crippen molar-refractivity contribution in [3.63, 3.8) is 0 Å². The molecule has 0 saturated heterocycles. The summed E-state index contributed by atoms with van der Waals surface area (Å²) in [7, 11) is 0. The molecule has 140 valence electrons. The molecule has 0 unspecified atom stereocenters. The molecule has 0 bridgehead atoms. The second-order valence-corrected chi connectivity index (χ2v) is 5.40. The van der Waals surface area contributed by atoms with Crippen molar-refractivity contribution >= 4 is 0 Å². The van der Waals surface area contributed by atoms with E-state index in [2.05, 4.69) is 59.7 Å². The maximum atomic E-state index is 6.00. The van der Waals surface area contributed by atoms with E-state index < -0.39 is 0 Å². The molecule has 0 fully saturated rings. The first-order valence-corrected chi connectivity index (χ1v) is 6.86. The predicted molar refractivity (Wildman–Crippen MR) is 89.7 cm³/mol. The van der Waals surface area contributed by atoms with Crippen LogP contribution in [0.1, 0.15) is 76.0 Å². The van der Waals surface area contributed by atoms with Crippen molar-refractivity contribution in [3.8, 4) is 0 Å². The van der Waals surface area contributed by atoms with Crippen molar-refractivity contribution in [1.82, 2.24) is 0 Å². The molecule has 0 saturated carbocycles. The SMILES string of the molecule is CC(C)c1cc(C(C)C)cc(C(C)C)c1.OO.OO.OO.OO. The highest BCUT2D eigenvalue weighted by Crippen LogP contribution is 2.26. The van der Waals surface area contributed by atoms with E-state index in [4.69, 9.17) is 42.1 Å². The standard InChI is InChI=1S/C15H24.4H2O2/c1-10(2)13-7-14(11(3)4)9-15(8-13)12(5)6;4*1-2/h7-12H,1-6H3;4*1-2H. The molecule has 1 rings (SSSR count). The van der Waals surface area contributed by atoms with E-state index in [-0.39, 0.29) is 0 Å². The molecule has 0 aliphatic rings. The van der Waals surface area contributed by atoms with Gasteiger partial charge >= 0.3 is 0 Å². The molecule has 0 spiro atoms. The van der Waals surface area contributed by atoms with Crippen LogP contribution in [0.25, 0.3) is 0 Å². The first-order chi connectivity index (χ1) is 10.9. The fourth-order valence-electron chi connectivity index (χ4n) is 1.70. The van der Waals surface area contributed by atoms with Crippen LogP contribution in [0.3, 0.4) is 0 Å². The molecule has 1 aromatic rings. The van der Waals surface area contributed by atoms with Gasteiger partial charge in [0.1, 0.15) is 0 Å². The third-order valence-electron chi connectivity index (χ3n) is 3.00. The van der Waals surface area contributed by atoms with Gasteiger partial charge in [-0.05, 0) is 34.4 Å². The highest BCUT2D eigenvalue weighted by Gasteiger charge is 2.08. The molecule has 0 radical (unpaired) electrons. The fourth-order valence-corrected chi connectivity index (χ4v) is 1.70. The molecule has 0 aliphatic heterocycles. The second-order valence-electron chi connectivity index (χ2n) is 5.40. The minimum Gasteiger partial charge on any atom is -0.255 e. The van der Waals surface area contributed by atoms with E-state index in [1.165, 1.54) is 16.7 Å². The van der Waals surface area contributed by atoms with Crippen LogP contribution in [0.5, 0.6) is 0 Å². The van der Waals surface area contributed by atoms with Gasteiger partial charge in [0.15, 0.2) is 0 Å². The van der Waals surface area contributed by atoms with Gasteiger partial charge < -0.3 is 0 Å². The van der Waals surface area contributed by atoms with Crippen molar-refractivity contribution in [3.05, 3.63) is 34.9 Å². The molecular formula is C15H32O8. The minimum absolute atomic E-state index is 0.626. The lowest BCUT2D eigenvalue weighted by atomic mass is 9.90. The smallest absolute Gasteiger partial charge is 0.0219 e. The minimum atomic E-state index is 0.626. The molecule has 0 amide bonds. The van der Waals surface area contributed by atoms with Crippen LogP contribution >= 0.6 is 0 Å². The summed E-state index contributed by atoms with van der Waals surface area (Å²) in [5, 5.41) is 48.0. The average Bonchev–Trinajstić information content (AvgIpc) is 2.61. The topological polar surface area (TPSA) is 162 Å². The summed E-state index contributed by atoms with van der Waals surface area (Å²) in [5.74, 6) is 1.88. The maximum absolute atomic E-state index is 6.00. The molecule has 8 heteroatoms. The predicted octanol–water partition coefficient (Wildman–Crippen LogP) is 5.13. The molecule has 8 nitrogen and oxygen atoms in total. The molecule has 0 aromatic heterocycles. The fraction of sp³-hybridized carbons (Fsp3) is 0.600. The number of hydrogen-bond acceptors (Lipinski definition) is 8. The Morgan fingerprint density at radius 3 is 0.652 bits per heavy atom. The molecule has 0 aliphatic carbocycles. The van der Waals surface area contributed by atoms with Crippen LogP contribution in [-0.2, 0) is 0 Å². The van der Waals surface area contributed by atoms with Crippen LogP contribution in [0, 0.1) is 0 Å². The highest BCUT2D eigenvalue weighted by atomic mass is 17.0. The summed E-state index contributed by atoms with van der Waals surface area (Å²) in [4.78, 5) is 0. The molecule has 23 heavy (non-hydrogen) atoms. The molecular weight excluding hydrogens is 308 g/mol. The quantitative estimate of drug-likeness (QED) is 0.277. The number of hydrogen-bond donors (Lipinski definition) is 8. The van der Waals surface area contributed by atoms with Gasteiger partial charge in [0, 0.05) is 0 Å². The lowest BCUT2D eigenvalue weighted by molar-refractivity contribution is -0.176. The number of benzene rings is 1. The Morgan fingerprint density at radius 2 is 0.565 bits per heavy atom. The normalized spacial score (nSPS) is 8.74. The summed E-state index contributed by atoms with van der Waals surface area (Å²) in [6, 6.07) is 7.09. The van der Waals surface area contributed by atoms with Crippen LogP contribution < -0.4 is 0 Å². The zero-order chi connectivity index (χ0) is 19.6. The van der Waals surface area contributed by atoms with Gasteiger partial charge in [-0.15, -0.1) is 0 Å². The summed E-state index contributed by atoms with van der Waals surface area (Å²) >= 11 is 0. The largest absolute Gasteiger partial charge is 0.255 e. The van der Waals surface area contributed by atoms with Gasteiger partial charge in [-0.2, -0.15) is 0 Å². The summed E-state index contributed by atoms with van der Waals surface area (Å²) in [5.41, 5.74) is 4.43. The van der Waals surface area contributed by atoms with Crippen LogP contribution in [0.4, 0.5) is 0 Å². The Bertz CT molecular complexity index is 276. The Hall–Kier alpha value is -1.10. The van der Waals surface area contributed by atoms with Gasteiger partial charge in [-0.1, -0.05) is 59.7 Å². The van der Waals surface area contributed by atoms with Crippen molar-refractivity contribution in [2.75, 3.05) is 0 Å². The highest BCUT2D eigenvalue weighted by molar-refractivity contribution is 5.35. The van der Waals surface area contributed by atoms with Crippen LogP contribution in [0.15, 0.2) is 18.2 Å². The molecule has 8 N–H and O–H groups in total. The zero-order valence-electron chi connectivity index (χ0n) is 14.5. The summed E-state index contributed by atoms with van der Waals surface area (Å²) < 4.78 is 0. The lowest BCUT2D eigenvalue weighted by Gasteiger charge is -2.16. The third kappa shape index (κ3) is 14.2. The van der Waals surface area contributed by atoms with Gasteiger partial charge in [0.05, 0.1) is 0 Å². The number of rotatable bonds is 3. The van der Waals surface area contributed by atoms with E-state index in [9.17, 15) is 0 Å². The van der Waals surface area contributed by atoms with Crippen molar-refractivity contribution in [1.29, 1.82) is 0 Å². The first kappa shape index (κ1) is 29.9. The van der Waals surface area contributed by atoms with Crippen LogP contribution in [0.2, 0.25) is 0 Å². The Balaban J connectivity index is -0.000000196. The van der Waals surface area contributed by atoms with Crippen LogP contribution in [-0.4, -0.2) is 42.1 Å². The Kier molecular flexibility index (Phi) is 27.1. The first-order valence-electron chi connectivity index (χ1n) is 6.86. The Labute approximate surface area is 137 Å². The van der Waals surface area contributed by atoms with E-state index >= 15 is 0 Å². The average molecular weight is 340 g/mol. The van der Waals surface area contributed by atoms with E-state index in [0.29, 0.717) is 17.8 Å². The van der Waals surface area contributed by atoms with Crippen molar-refractivity contribution in [2.45, 2.75) is 59.3 Å². The molecule has 0 heterocycles. The Morgan fingerprint density at radius 1 is 0.435 bits per heavy atom. The van der Waals surface area contributed by atoms with Gasteiger partial charge in [0.25, 0.3) is 0 Å². The zero-order valence-corrected chi connectivity index (χ0v) is 14.5. The summed E-state index contributed by atoms with van der Waals surface area (Å²) in [6.07, 6.45) is 0. The van der Waals surface area contributed by atoms with E-state index in [0.717, 1.165) is 0 Å². The second kappa shape index (κ2) is 20.9. The van der Waals surface area contributed by atoms with Gasteiger partial charge in [-0.3, -0.25) is 42.1 Å². The van der Waals surface area contributed by atoms with Crippen molar-refractivity contribution in [2.24, 2.45) is 0 Å². The van der Waals surface area contributed by atoms with E-state index in [1.54, 1.807) is 0 Å². The third-order valence-corrected chi connectivity index (χ3v) is 3.00. The van der Waals surface area contributed by atoms with E-state index in [1.807, 2.05) is 0 Å². The monoisotopic (exact) mass is 340 g/mol. The molecule has 1 aromatic carbocycles. The van der Waals surface area contributed by atoms with Gasteiger partial charge in [0.2, 0.25) is 0 Å². The van der Waals surface area contributed by atoms with Gasteiger partial charge in [-0.25, -0.2) is 0 Å². The maximum Gasteiger partial charge on any atom is -0.0219 e. The lowest BCUT2D eigenvalue weighted by Crippen LogP contribution is -1.98. The van der Waals surface area contributed by atoms with Crippen molar-refractivity contribution < 1.29 is 42.1 Å².